The molecule has 32 heavy (non-hydrogen) atoms. The van der Waals surface area contributed by atoms with Gasteiger partial charge in [-0.15, -0.1) is 12.4 Å². The zero-order valence-electron chi connectivity index (χ0n) is 18.2. The number of piperidine rings is 1. The molecule has 3 aromatic rings. The summed E-state index contributed by atoms with van der Waals surface area (Å²) >= 11 is 0. The lowest BCUT2D eigenvalue weighted by Crippen LogP contribution is -2.50. The molecule has 4 heterocycles. The van der Waals surface area contributed by atoms with E-state index in [-0.39, 0.29) is 18.3 Å². The van der Waals surface area contributed by atoms with Gasteiger partial charge in [0, 0.05) is 48.7 Å². The lowest BCUT2D eigenvalue weighted by Gasteiger charge is -2.40. The van der Waals surface area contributed by atoms with E-state index in [0.717, 1.165) is 94.0 Å². The molecule has 170 valence electrons. The topological polar surface area (TPSA) is 77.2 Å². The van der Waals surface area contributed by atoms with E-state index in [1.54, 1.807) is 0 Å². The molecule has 1 amide bonds. The quantitative estimate of drug-likeness (QED) is 0.620. The molecule has 2 aromatic heterocycles. The summed E-state index contributed by atoms with van der Waals surface area (Å²) in [4.78, 5) is 21.5. The zero-order chi connectivity index (χ0) is 20.8. The highest BCUT2D eigenvalue weighted by Crippen LogP contribution is 2.36. The normalized spacial score (nSPS) is 19.8. The maximum absolute atomic E-state index is 13.3. The fourth-order valence-corrected chi connectivity index (χ4v) is 5.59. The van der Waals surface area contributed by atoms with E-state index < -0.39 is 0 Å². The van der Waals surface area contributed by atoms with Crippen LogP contribution in [0.3, 0.4) is 0 Å². The third-order valence-electron chi connectivity index (χ3n) is 7.31. The lowest BCUT2D eigenvalue weighted by molar-refractivity contribution is 0.00159. The van der Waals surface area contributed by atoms with Crippen LogP contribution in [-0.2, 0) is 17.6 Å². The lowest BCUT2D eigenvalue weighted by atomic mass is 10.0. The Kier molecular flexibility index (Phi) is 5.97. The van der Waals surface area contributed by atoms with Gasteiger partial charge >= 0.3 is 0 Å². The first-order valence-electron chi connectivity index (χ1n) is 11.6. The molecule has 0 atom stereocenters. The molecular weight excluding hydrogens is 426 g/mol. The van der Waals surface area contributed by atoms with Gasteiger partial charge in [0.1, 0.15) is 0 Å². The summed E-state index contributed by atoms with van der Waals surface area (Å²) in [5.74, 6) is 0.160. The minimum Gasteiger partial charge on any atom is -0.379 e. The van der Waals surface area contributed by atoms with Crippen LogP contribution in [0.5, 0.6) is 0 Å². The number of aryl methyl sites for hydroxylation is 2. The number of amides is 1. The summed E-state index contributed by atoms with van der Waals surface area (Å²) in [7, 11) is 0. The number of benzene rings is 1. The van der Waals surface area contributed by atoms with Gasteiger partial charge in [-0.2, -0.15) is 5.10 Å². The molecule has 3 aliphatic rings. The van der Waals surface area contributed by atoms with Crippen molar-refractivity contribution in [3.8, 4) is 11.4 Å². The summed E-state index contributed by atoms with van der Waals surface area (Å²) in [6.45, 7) is 5.38. The summed E-state index contributed by atoms with van der Waals surface area (Å²) < 4.78 is 5.48. The van der Waals surface area contributed by atoms with Gasteiger partial charge in [0.15, 0.2) is 0 Å². The Hall–Kier alpha value is -2.35. The fourth-order valence-electron chi connectivity index (χ4n) is 5.59. The molecule has 2 fully saturated rings. The van der Waals surface area contributed by atoms with Gasteiger partial charge < -0.3 is 14.6 Å². The number of carbonyl (C=O) groups excluding carboxylic acids is 1. The molecule has 0 radical (unpaired) electrons. The number of aromatic amines is 2. The third kappa shape index (κ3) is 3.72. The number of likely N-dealkylation sites (tertiary alicyclic amines) is 1. The van der Waals surface area contributed by atoms with Crippen molar-refractivity contribution in [3.05, 3.63) is 41.1 Å². The zero-order valence-corrected chi connectivity index (χ0v) is 19.0. The summed E-state index contributed by atoms with van der Waals surface area (Å²) in [6.07, 6.45) is 7.18. The number of fused-ring (bicyclic) bond motifs is 5. The van der Waals surface area contributed by atoms with Crippen molar-refractivity contribution in [2.75, 3.05) is 39.4 Å². The van der Waals surface area contributed by atoms with Gasteiger partial charge in [0.2, 0.25) is 0 Å². The Morgan fingerprint density at radius 3 is 2.69 bits per heavy atom. The number of rotatable bonds is 2. The van der Waals surface area contributed by atoms with Crippen molar-refractivity contribution in [3.63, 3.8) is 0 Å². The fraction of sp³-hybridized carbons (Fsp3) is 0.500. The largest absolute Gasteiger partial charge is 0.379 e. The molecule has 0 saturated carbocycles. The minimum absolute atomic E-state index is 0. The van der Waals surface area contributed by atoms with Gasteiger partial charge in [-0.1, -0.05) is 0 Å². The average molecular weight is 456 g/mol. The van der Waals surface area contributed by atoms with Crippen LogP contribution < -0.4 is 0 Å². The second-order valence-corrected chi connectivity index (χ2v) is 9.03. The van der Waals surface area contributed by atoms with Crippen LogP contribution in [0.1, 0.15) is 40.7 Å². The highest BCUT2D eigenvalue weighted by Gasteiger charge is 2.29. The van der Waals surface area contributed by atoms with Crippen LogP contribution in [0.2, 0.25) is 0 Å². The Morgan fingerprint density at radius 1 is 1.06 bits per heavy atom. The van der Waals surface area contributed by atoms with E-state index in [2.05, 4.69) is 32.2 Å². The van der Waals surface area contributed by atoms with Crippen LogP contribution in [-0.4, -0.2) is 76.3 Å². The second kappa shape index (κ2) is 8.89. The summed E-state index contributed by atoms with van der Waals surface area (Å²) in [6, 6.07) is 6.72. The molecule has 1 aliphatic carbocycles. The predicted molar refractivity (Wildman–Crippen MR) is 126 cm³/mol. The van der Waals surface area contributed by atoms with Crippen molar-refractivity contribution < 1.29 is 9.53 Å². The maximum atomic E-state index is 13.3. The van der Waals surface area contributed by atoms with Gasteiger partial charge in [0.05, 0.1) is 30.8 Å². The van der Waals surface area contributed by atoms with Crippen LogP contribution in [0.25, 0.3) is 22.3 Å². The van der Waals surface area contributed by atoms with E-state index in [0.29, 0.717) is 6.04 Å². The molecular formula is C24H30ClN5O2. The number of ether oxygens (including phenoxy) is 1. The number of hydrogen-bond donors (Lipinski definition) is 2. The second-order valence-electron chi connectivity index (χ2n) is 9.03. The van der Waals surface area contributed by atoms with Crippen LogP contribution in [0, 0.1) is 0 Å². The van der Waals surface area contributed by atoms with Crippen molar-refractivity contribution in [1.82, 2.24) is 25.0 Å². The number of nitrogens with zero attached hydrogens (tertiary/aromatic N) is 3. The molecule has 1 aromatic carbocycles. The highest BCUT2D eigenvalue weighted by atomic mass is 35.5. The SMILES string of the molecule is Cl.O=C(c1ccc2[nH]c3c(c2c1)CCCc1cn[nH]c1-3)N1CCC(N2CCOCC2)CC1. The molecule has 6 rings (SSSR count). The van der Waals surface area contributed by atoms with Gasteiger partial charge in [-0.05, 0) is 61.4 Å². The number of aromatic nitrogens is 3. The van der Waals surface area contributed by atoms with E-state index >= 15 is 0 Å². The number of halogens is 1. The van der Waals surface area contributed by atoms with Crippen molar-refractivity contribution >= 4 is 29.2 Å². The monoisotopic (exact) mass is 455 g/mol. The van der Waals surface area contributed by atoms with Crippen molar-refractivity contribution in [1.29, 1.82) is 0 Å². The number of hydrogen-bond acceptors (Lipinski definition) is 4. The van der Waals surface area contributed by atoms with Crippen LogP contribution in [0.4, 0.5) is 0 Å². The minimum atomic E-state index is 0. The van der Waals surface area contributed by atoms with Crippen LogP contribution >= 0.6 is 12.4 Å². The Morgan fingerprint density at radius 2 is 1.88 bits per heavy atom. The Balaban J connectivity index is 0.00000216. The van der Waals surface area contributed by atoms with E-state index in [9.17, 15) is 4.79 Å². The molecule has 0 spiro atoms. The standard InChI is InChI=1S/C24H29N5O2.ClH/c30-24(29-8-6-18(7-9-29)28-10-12-31-13-11-28)16-4-5-21-20(14-16)19-3-1-2-17-15-25-27-22(17)23(19)26-21;/h4-5,14-15,18,26H,1-3,6-13H2,(H,25,27);1H. The molecule has 7 nitrogen and oxygen atoms in total. The Bertz CT molecular complexity index is 1110. The average Bonchev–Trinajstić information content (AvgIpc) is 3.39. The summed E-state index contributed by atoms with van der Waals surface area (Å²) in [5.41, 5.74) is 6.70. The maximum Gasteiger partial charge on any atom is 0.253 e. The number of H-pyrrole nitrogens is 2. The van der Waals surface area contributed by atoms with E-state index in [4.69, 9.17) is 4.74 Å². The molecule has 0 unspecified atom stereocenters. The Labute approximate surface area is 193 Å². The van der Waals surface area contributed by atoms with E-state index in [1.807, 2.05) is 17.2 Å². The third-order valence-corrected chi connectivity index (χ3v) is 7.31. The van der Waals surface area contributed by atoms with Crippen molar-refractivity contribution in [2.45, 2.75) is 38.1 Å². The summed E-state index contributed by atoms with van der Waals surface area (Å²) in [5, 5.41) is 8.58. The predicted octanol–water partition coefficient (Wildman–Crippen LogP) is 3.41. The number of carbonyl (C=O) groups is 1. The molecule has 0 bridgehead atoms. The van der Waals surface area contributed by atoms with Gasteiger partial charge in [-0.25, -0.2) is 0 Å². The smallest absolute Gasteiger partial charge is 0.253 e. The molecule has 8 heteroatoms. The number of morpholine rings is 1. The van der Waals surface area contributed by atoms with Gasteiger partial charge in [-0.3, -0.25) is 14.8 Å². The van der Waals surface area contributed by atoms with Crippen molar-refractivity contribution in [2.24, 2.45) is 0 Å². The first kappa shape index (κ1) is 21.5. The molecule has 2 saturated heterocycles. The van der Waals surface area contributed by atoms with E-state index in [1.165, 1.54) is 16.5 Å². The molecule has 2 N–H and O–H groups in total. The number of nitrogens with one attached hydrogen (secondary N) is 2. The molecule has 2 aliphatic heterocycles. The van der Waals surface area contributed by atoms with Gasteiger partial charge in [0.25, 0.3) is 5.91 Å². The first-order valence-corrected chi connectivity index (χ1v) is 11.6. The highest BCUT2D eigenvalue weighted by molar-refractivity contribution is 6.00. The first-order chi connectivity index (χ1) is 15.3. The van der Waals surface area contributed by atoms with Crippen LogP contribution in [0.15, 0.2) is 24.4 Å².